The van der Waals surface area contributed by atoms with Gasteiger partial charge in [0.25, 0.3) is 0 Å². The van der Waals surface area contributed by atoms with Crippen molar-refractivity contribution in [2.24, 2.45) is 0 Å². The monoisotopic (exact) mass is 566 g/mol. The Hall–Kier alpha value is -2.62. The quantitative estimate of drug-likeness (QED) is 0.351. The van der Waals surface area contributed by atoms with Gasteiger partial charge in [-0.15, -0.1) is 22.7 Å². The summed E-state index contributed by atoms with van der Waals surface area (Å²) in [4.78, 5) is 41.4. The molecule has 2 aliphatic heterocycles. The van der Waals surface area contributed by atoms with Crippen LogP contribution < -0.4 is 0 Å². The van der Waals surface area contributed by atoms with Crippen LogP contribution in [0.3, 0.4) is 0 Å². The van der Waals surface area contributed by atoms with Gasteiger partial charge in [-0.1, -0.05) is 30.3 Å². The minimum atomic E-state index is -0.619. The normalized spacial score (nSPS) is 20.9. The molecule has 7 nitrogen and oxygen atoms in total. The Morgan fingerprint density at radius 2 is 1.79 bits per heavy atom. The Morgan fingerprint density at radius 3 is 2.44 bits per heavy atom. The molecule has 208 valence electrons. The van der Waals surface area contributed by atoms with Gasteiger partial charge in [0.05, 0.1) is 33.7 Å². The molecule has 2 atom stereocenters. The van der Waals surface area contributed by atoms with Crippen LogP contribution in [0.2, 0.25) is 0 Å². The SMILES string of the molecule is Cc1nc(C)c(-c2csc(CC(=O)[C@@H]3C[C@@H](N4CCC(c5ccccc5)CC4)CN3C(=O)OC(C)(C)C)n2)s1. The molecule has 4 heterocycles. The number of Topliss-reactive ketones (excluding diaryl/α,β-unsaturated/α-hetero) is 1. The van der Waals surface area contributed by atoms with Gasteiger partial charge in [0.1, 0.15) is 10.6 Å². The maximum atomic E-state index is 13.7. The van der Waals surface area contributed by atoms with E-state index in [0.29, 0.717) is 18.9 Å². The van der Waals surface area contributed by atoms with Gasteiger partial charge >= 0.3 is 6.09 Å². The molecular weight excluding hydrogens is 528 g/mol. The van der Waals surface area contributed by atoms with Gasteiger partial charge in [-0.25, -0.2) is 14.8 Å². The Kier molecular flexibility index (Phi) is 8.21. The predicted octanol–water partition coefficient (Wildman–Crippen LogP) is 6.25. The third-order valence-corrected chi connectivity index (χ3v) is 9.55. The fourth-order valence-corrected chi connectivity index (χ4v) is 7.51. The number of hydrogen-bond acceptors (Lipinski definition) is 8. The van der Waals surface area contributed by atoms with Crippen LogP contribution in [0, 0.1) is 13.8 Å². The van der Waals surface area contributed by atoms with Crippen molar-refractivity contribution in [3.05, 3.63) is 57.0 Å². The lowest BCUT2D eigenvalue weighted by Gasteiger charge is -2.36. The van der Waals surface area contributed by atoms with Gasteiger partial charge in [0, 0.05) is 18.0 Å². The van der Waals surface area contributed by atoms with Crippen molar-refractivity contribution in [3.8, 4) is 10.6 Å². The van der Waals surface area contributed by atoms with Crippen molar-refractivity contribution in [2.75, 3.05) is 19.6 Å². The van der Waals surface area contributed by atoms with Crippen molar-refractivity contribution in [3.63, 3.8) is 0 Å². The van der Waals surface area contributed by atoms with Gasteiger partial charge < -0.3 is 4.74 Å². The highest BCUT2D eigenvalue weighted by Gasteiger charge is 2.44. The van der Waals surface area contributed by atoms with Crippen LogP contribution in [0.4, 0.5) is 4.79 Å². The lowest BCUT2D eigenvalue weighted by molar-refractivity contribution is -0.122. The molecule has 0 spiro atoms. The smallest absolute Gasteiger partial charge is 0.410 e. The highest BCUT2D eigenvalue weighted by atomic mass is 32.1. The van der Waals surface area contributed by atoms with E-state index < -0.39 is 17.7 Å². The number of amides is 1. The largest absolute Gasteiger partial charge is 0.444 e. The average molecular weight is 567 g/mol. The van der Waals surface area contributed by atoms with E-state index >= 15 is 0 Å². The first-order valence-electron chi connectivity index (χ1n) is 13.8. The van der Waals surface area contributed by atoms with Crippen LogP contribution >= 0.6 is 22.7 Å². The fourth-order valence-electron chi connectivity index (χ4n) is 5.76. The van der Waals surface area contributed by atoms with E-state index in [0.717, 1.165) is 52.2 Å². The molecule has 9 heteroatoms. The zero-order chi connectivity index (χ0) is 27.7. The number of carbonyl (C=O) groups is 2. The van der Waals surface area contributed by atoms with Gasteiger partial charge in [0.2, 0.25) is 0 Å². The number of ketones is 1. The lowest BCUT2D eigenvalue weighted by Crippen LogP contribution is -2.45. The Balaban J connectivity index is 1.28. The zero-order valence-electron chi connectivity index (χ0n) is 23.5. The fraction of sp³-hybridized carbons (Fsp3) is 0.533. The molecule has 2 aromatic heterocycles. The van der Waals surface area contributed by atoms with E-state index in [1.165, 1.54) is 16.9 Å². The summed E-state index contributed by atoms with van der Waals surface area (Å²) in [6.07, 6.45) is 2.62. The van der Waals surface area contributed by atoms with Crippen LogP contribution in [0.5, 0.6) is 0 Å². The number of hydrogen-bond donors (Lipinski definition) is 0. The molecule has 2 aliphatic rings. The van der Waals surface area contributed by atoms with Crippen LogP contribution in [0.25, 0.3) is 10.6 Å². The maximum Gasteiger partial charge on any atom is 0.410 e. The second-order valence-corrected chi connectivity index (χ2v) is 13.8. The van der Waals surface area contributed by atoms with Crippen molar-refractivity contribution < 1.29 is 14.3 Å². The van der Waals surface area contributed by atoms with Crippen LogP contribution in [0.15, 0.2) is 35.7 Å². The predicted molar refractivity (Wildman–Crippen MR) is 157 cm³/mol. The summed E-state index contributed by atoms with van der Waals surface area (Å²) in [5, 5.41) is 3.78. The zero-order valence-corrected chi connectivity index (χ0v) is 25.1. The molecule has 0 radical (unpaired) electrons. The Labute approximate surface area is 239 Å². The highest BCUT2D eigenvalue weighted by molar-refractivity contribution is 7.16. The van der Waals surface area contributed by atoms with E-state index in [1.54, 1.807) is 16.2 Å². The van der Waals surface area contributed by atoms with Gasteiger partial charge in [-0.05, 0) is 78.5 Å². The first kappa shape index (κ1) is 27.9. The van der Waals surface area contributed by atoms with Crippen LogP contribution in [-0.2, 0) is 16.0 Å². The van der Waals surface area contributed by atoms with Crippen LogP contribution in [-0.4, -0.2) is 69.0 Å². The number of nitrogens with zero attached hydrogens (tertiary/aromatic N) is 4. The summed E-state index contributed by atoms with van der Waals surface area (Å²) >= 11 is 3.12. The number of piperidine rings is 1. The number of benzene rings is 1. The molecule has 3 aromatic rings. The summed E-state index contributed by atoms with van der Waals surface area (Å²) in [5.74, 6) is 0.592. The Bertz CT molecular complexity index is 1310. The molecule has 2 saturated heterocycles. The first-order chi connectivity index (χ1) is 18.6. The van der Waals surface area contributed by atoms with Crippen molar-refractivity contribution >= 4 is 34.6 Å². The highest BCUT2D eigenvalue weighted by Crippen LogP contribution is 2.34. The summed E-state index contributed by atoms with van der Waals surface area (Å²) in [6.45, 7) is 12.0. The van der Waals surface area contributed by atoms with Crippen LogP contribution in [0.1, 0.15) is 67.2 Å². The van der Waals surface area contributed by atoms with E-state index in [2.05, 4.69) is 40.2 Å². The Morgan fingerprint density at radius 1 is 1.08 bits per heavy atom. The molecule has 0 aliphatic carbocycles. The second kappa shape index (κ2) is 11.5. The number of aromatic nitrogens is 2. The van der Waals surface area contributed by atoms with Gasteiger partial charge in [-0.3, -0.25) is 14.6 Å². The van der Waals surface area contributed by atoms with Gasteiger partial charge in [-0.2, -0.15) is 0 Å². The molecular formula is C30H38N4O3S2. The number of thiazole rings is 2. The lowest BCUT2D eigenvalue weighted by atomic mass is 9.88. The molecule has 0 bridgehead atoms. The van der Waals surface area contributed by atoms with E-state index in [4.69, 9.17) is 9.72 Å². The first-order valence-corrected chi connectivity index (χ1v) is 15.5. The van der Waals surface area contributed by atoms with Crippen molar-refractivity contribution in [1.82, 2.24) is 19.8 Å². The number of rotatable bonds is 6. The summed E-state index contributed by atoms with van der Waals surface area (Å²) < 4.78 is 5.74. The molecule has 1 amide bonds. The minimum Gasteiger partial charge on any atom is -0.444 e. The van der Waals surface area contributed by atoms with E-state index in [1.807, 2.05) is 40.0 Å². The van der Waals surface area contributed by atoms with E-state index in [-0.39, 0.29) is 18.2 Å². The number of carbonyl (C=O) groups excluding carboxylic acids is 2. The third-order valence-electron chi connectivity index (χ3n) is 7.61. The number of aryl methyl sites for hydroxylation is 2. The van der Waals surface area contributed by atoms with Gasteiger partial charge in [0.15, 0.2) is 5.78 Å². The molecule has 5 rings (SSSR count). The van der Waals surface area contributed by atoms with Crippen molar-refractivity contribution in [1.29, 1.82) is 0 Å². The molecule has 0 saturated carbocycles. The standard InChI is InChI=1S/C30H38N4O3S2/c1-19-28(39-20(2)31-19)24-18-38-27(32-24)16-26(35)25-15-23(17-34(25)29(36)37-30(3,4)5)33-13-11-22(12-14-33)21-9-7-6-8-10-21/h6-10,18,22-23,25H,11-17H2,1-5H3/t23-,25+/m1/s1. The summed E-state index contributed by atoms with van der Waals surface area (Å²) in [5.41, 5.74) is 2.62. The van der Waals surface area contributed by atoms with E-state index in [9.17, 15) is 9.59 Å². The molecule has 0 N–H and O–H groups in total. The molecule has 1 aromatic carbocycles. The topological polar surface area (TPSA) is 75.6 Å². The second-order valence-electron chi connectivity index (χ2n) is 11.7. The summed E-state index contributed by atoms with van der Waals surface area (Å²) in [7, 11) is 0. The molecule has 2 fully saturated rings. The van der Waals surface area contributed by atoms with Crippen molar-refractivity contribution in [2.45, 2.75) is 83.9 Å². The number of ether oxygens (including phenoxy) is 1. The number of likely N-dealkylation sites (tertiary alicyclic amines) is 2. The maximum absolute atomic E-state index is 13.7. The third kappa shape index (κ3) is 6.58. The average Bonchev–Trinajstić information content (AvgIpc) is 3.62. The minimum absolute atomic E-state index is 0.0284. The molecule has 39 heavy (non-hydrogen) atoms. The summed E-state index contributed by atoms with van der Waals surface area (Å²) in [6, 6.07) is 10.4. The molecule has 0 unspecified atom stereocenters.